The number of hydrogen-bond donors (Lipinski definition) is 1. The van der Waals surface area contributed by atoms with Crippen molar-refractivity contribution in [3.05, 3.63) is 63.6 Å². The van der Waals surface area contributed by atoms with Crippen molar-refractivity contribution in [2.24, 2.45) is 0 Å². The number of benzene rings is 2. The molecule has 1 atom stereocenters. The number of amides is 2. The van der Waals surface area contributed by atoms with Gasteiger partial charge in [0.1, 0.15) is 12.6 Å². The molecule has 0 heterocycles. The molecule has 2 aromatic rings. The summed E-state index contributed by atoms with van der Waals surface area (Å²) in [4.78, 5) is 27.1. The van der Waals surface area contributed by atoms with Gasteiger partial charge in [0.2, 0.25) is 21.8 Å². The van der Waals surface area contributed by atoms with Crippen molar-refractivity contribution in [2.45, 2.75) is 26.4 Å². The summed E-state index contributed by atoms with van der Waals surface area (Å²) in [6.45, 7) is 3.50. The molecule has 0 aliphatic carbocycles. The van der Waals surface area contributed by atoms with Crippen LogP contribution in [-0.4, -0.2) is 50.5 Å². The molecule has 7 nitrogen and oxygen atoms in total. The normalized spacial score (nSPS) is 12.2. The van der Waals surface area contributed by atoms with Crippen LogP contribution in [-0.2, 0) is 26.2 Å². The molecule has 2 aromatic carbocycles. The number of sulfonamides is 1. The Morgan fingerprint density at radius 2 is 1.74 bits per heavy atom. The SMILES string of the molecule is CCNC(=O)[C@H](C)N(Cc1ccc(Cl)cc1)C(=O)CN(c1ccccc1Br)S(C)(=O)=O. The number of halogens is 2. The summed E-state index contributed by atoms with van der Waals surface area (Å²) in [5, 5.41) is 3.26. The van der Waals surface area contributed by atoms with E-state index >= 15 is 0 Å². The van der Waals surface area contributed by atoms with Crippen LogP contribution in [0.1, 0.15) is 19.4 Å². The molecule has 0 fully saturated rings. The Morgan fingerprint density at radius 1 is 1.13 bits per heavy atom. The van der Waals surface area contributed by atoms with Crippen LogP contribution in [0.3, 0.4) is 0 Å². The minimum Gasteiger partial charge on any atom is -0.355 e. The standard InChI is InChI=1S/C21H25BrClN3O4S/c1-4-24-21(28)15(2)25(13-16-9-11-17(23)12-10-16)20(27)14-26(31(3,29)30)19-8-6-5-7-18(19)22/h5-12,15H,4,13-14H2,1-3H3,(H,24,28)/t15-/m0/s1. The molecule has 0 saturated carbocycles. The topological polar surface area (TPSA) is 86.8 Å². The zero-order chi connectivity index (χ0) is 23.2. The lowest BCUT2D eigenvalue weighted by Crippen LogP contribution is -2.51. The van der Waals surface area contributed by atoms with Gasteiger partial charge in [0.25, 0.3) is 0 Å². The van der Waals surface area contributed by atoms with Gasteiger partial charge in [-0.1, -0.05) is 35.9 Å². The summed E-state index contributed by atoms with van der Waals surface area (Å²) >= 11 is 9.29. The first-order chi connectivity index (χ1) is 14.5. The molecular formula is C21H25BrClN3O4S. The molecule has 0 spiro atoms. The largest absolute Gasteiger partial charge is 0.355 e. The van der Waals surface area contributed by atoms with Crippen LogP contribution in [0.4, 0.5) is 5.69 Å². The first-order valence-corrected chi connectivity index (χ1v) is 12.6. The van der Waals surface area contributed by atoms with E-state index in [2.05, 4.69) is 21.2 Å². The lowest BCUT2D eigenvalue weighted by molar-refractivity contribution is -0.139. The number of hydrogen-bond acceptors (Lipinski definition) is 4. The molecule has 10 heteroatoms. The van der Waals surface area contributed by atoms with Gasteiger partial charge in [0.15, 0.2) is 0 Å². The second kappa shape index (κ2) is 11.0. The second-order valence-corrected chi connectivity index (χ2v) is 10.1. The molecule has 2 amide bonds. The fourth-order valence-corrected chi connectivity index (χ4v) is 4.54. The van der Waals surface area contributed by atoms with Gasteiger partial charge in [-0.05, 0) is 59.6 Å². The van der Waals surface area contributed by atoms with E-state index in [9.17, 15) is 18.0 Å². The first-order valence-electron chi connectivity index (χ1n) is 9.58. The Balaban J connectivity index is 2.38. The van der Waals surface area contributed by atoms with Crippen LogP contribution in [0.25, 0.3) is 0 Å². The van der Waals surface area contributed by atoms with Gasteiger partial charge in [-0.2, -0.15) is 0 Å². The molecule has 0 radical (unpaired) electrons. The summed E-state index contributed by atoms with van der Waals surface area (Å²) in [5.41, 5.74) is 1.11. The van der Waals surface area contributed by atoms with Gasteiger partial charge in [0, 0.05) is 22.6 Å². The average molecular weight is 531 g/mol. The zero-order valence-electron chi connectivity index (χ0n) is 17.5. The van der Waals surface area contributed by atoms with E-state index in [4.69, 9.17) is 11.6 Å². The van der Waals surface area contributed by atoms with E-state index < -0.39 is 28.5 Å². The van der Waals surface area contributed by atoms with Crippen molar-refractivity contribution in [3.63, 3.8) is 0 Å². The maximum absolute atomic E-state index is 13.3. The van der Waals surface area contributed by atoms with Crippen LogP contribution >= 0.6 is 27.5 Å². The number of para-hydroxylation sites is 1. The van der Waals surface area contributed by atoms with E-state index in [0.29, 0.717) is 21.7 Å². The average Bonchev–Trinajstić information content (AvgIpc) is 2.71. The zero-order valence-corrected chi connectivity index (χ0v) is 20.7. The summed E-state index contributed by atoms with van der Waals surface area (Å²) < 4.78 is 26.5. The summed E-state index contributed by atoms with van der Waals surface area (Å²) in [6.07, 6.45) is 1.04. The molecule has 0 unspecified atom stereocenters. The lowest BCUT2D eigenvalue weighted by atomic mass is 10.1. The van der Waals surface area contributed by atoms with Crippen molar-refractivity contribution < 1.29 is 18.0 Å². The number of likely N-dealkylation sites (N-methyl/N-ethyl adjacent to an activating group) is 1. The molecule has 0 bridgehead atoms. The fraction of sp³-hybridized carbons (Fsp3) is 0.333. The van der Waals surface area contributed by atoms with Crippen molar-refractivity contribution in [1.82, 2.24) is 10.2 Å². The third-order valence-electron chi connectivity index (χ3n) is 4.58. The third-order valence-corrected chi connectivity index (χ3v) is 6.63. The van der Waals surface area contributed by atoms with Gasteiger partial charge in [-0.15, -0.1) is 0 Å². The highest BCUT2D eigenvalue weighted by Crippen LogP contribution is 2.28. The van der Waals surface area contributed by atoms with Crippen molar-refractivity contribution >= 4 is 55.1 Å². The van der Waals surface area contributed by atoms with Gasteiger partial charge in [-0.25, -0.2) is 8.42 Å². The first kappa shape index (κ1) is 25.2. The van der Waals surface area contributed by atoms with Crippen LogP contribution < -0.4 is 9.62 Å². The van der Waals surface area contributed by atoms with E-state index in [1.165, 1.54) is 4.90 Å². The van der Waals surface area contributed by atoms with Crippen molar-refractivity contribution in [2.75, 3.05) is 23.7 Å². The molecular weight excluding hydrogens is 506 g/mol. The molecule has 0 aliphatic rings. The van der Waals surface area contributed by atoms with Crippen LogP contribution in [0.2, 0.25) is 5.02 Å². The Kier molecular flexibility index (Phi) is 8.90. The highest BCUT2D eigenvalue weighted by atomic mass is 79.9. The molecule has 31 heavy (non-hydrogen) atoms. The Bertz CT molecular complexity index is 1030. The highest BCUT2D eigenvalue weighted by Gasteiger charge is 2.30. The third kappa shape index (κ3) is 6.95. The van der Waals surface area contributed by atoms with Crippen LogP contribution in [0, 0.1) is 0 Å². The quantitative estimate of drug-likeness (QED) is 0.538. The van der Waals surface area contributed by atoms with Crippen molar-refractivity contribution in [1.29, 1.82) is 0 Å². The Morgan fingerprint density at radius 3 is 2.29 bits per heavy atom. The number of carbonyl (C=O) groups excluding carboxylic acids is 2. The van der Waals surface area contributed by atoms with Gasteiger partial charge in [-0.3, -0.25) is 13.9 Å². The van der Waals surface area contributed by atoms with Crippen molar-refractivity contribution in [3.8, 4) is 0 Å². The smallest absolute Gasteiger partial charge is 0.244 e. The predicted octanol–water partition coefficient (Wildman–Crippen LogP) is 3.42. The lowest BCUT2D eigenvalue weighted by Gasteiger charge is -2.31. The summed E-state index contributed by atoms with van der Waals surface area (Å²) in [5.74, 6) is -0.827. The minimum atomic E-state index is -3.77. The molecule has 2 rings (SSSR count). The van der Waals surface area contributed by atoms with E-state index in [0.717, 1.165) is 16.1 Å². The Labute approximate surface area is 196 Å². The summed E-state index contributed by atoms with van der Waals surface area (Å²) in [6, 6.07) is 12.8. The molecule has 1 N–H and O–H groups in total. The second-order valence-electron chi connectivity index (χ2n) is 6.94. The van der Waals surface area contributed by atoms with Gasteiger partial charge >= 0.3 is 0 Å². The minimum absolute atomic E-state index is 0.127. The van der Waals surface area contributed by atoms with Crippen LogP contribution in [0.5, 0.6) is 0 Å². The maximum Gasteiger partial charge on any atom is 0.244 e. The van der Waals surface area contributed by atoms with Gasteiger partial charge < -0.3 is 10.2 Å². The number of rotatable bonds is 9. The van der Waals surface area contributed by atoms with E-state index in [-0.39, 0.29) is 12.5 Å². The predicted molar refractivity (Wildman–Crippen MR) is 126 cm³/mol. The number of carbonyl (C=O) groups is 2. The fourth-order valence-electron chi connectivity index (χ4n) is 2.94. The van der Waals surface area contributed by atoms with E-state index in [1.807, 2.05) is 0 Å². The Hall–Kier alpha value is -2.10. The maximum atomic E-state index is 13.3. The highest BCUT2D eigenvalue weighted by molar-refractivity contribution is 9.10. The van der Waals surface area contributed by atoms with Gasteiger partial charge in [0.05, 0.1) is 11.9 Å². The summed E-state index contributed by atoms with van der Waals surface area (Å²) in [7, 11) is -3.77. The molecule has 168 valence electrons. The van der Waals surface area contributed by atoms with Crippen LogP contribution in [0.15, 0.2) is 53.0 Å². The van der Waals surface area contributed by atoms with E-state index in [1.54, 1.807) is 62.4 Å². The number of anilines is 1. The molecule has 0 aliphatic heterocycles. The number of nitrogens with one attached hydrogen (secondary N) is 1. The number of nitrogens with zero attached hydrogens (tertiary/aromatic N) is 2. The monoisotopic (exact) mass is 529 g/mol. The molecule has 0 aromatic heterocycles. The molecule has 0 saturated heterocycles.